The van der Waals surface area contributed by atoms with E-state index in [1.807, 2.05) is 0 Å². The third-order valence-corrected chi connectivity index (χ3v) is 3.10. The number of halogens is 1. The molecular weight excluding hydrogens is 274 g/mol. The maximum Gasteiger partial charge on any atom is 0.327 e. The van der Waals surface area contributed by atoms with Crippen molar-refractivity contribution in [3.8, 4) is 0 Å². The fraction of sp³-hybridized carbons (Fsp3) is 0.333. The van der Waals surface area contributed by atoms with Crippen molar-refractivity contribution in [3.05, 3.63) is 34.9 Å². The van der Waals surface area contributed by atoms with Crippen LogP contribution in [-0.2, 0) is 16.1 Å². The van der Waals surface area contributed by atoms with Gasteiger partial charge in [0.15, 0.2) is 0 Å². The molecule has 0 aromatic heterocycles. The third kappa shape index (κ3) is 3.92. The van der Waals surface area contributed by atoms with Gasteiger partial charge in [0.05, 0.1) is 0 Å². The van der Waals surface area contributed by atoms with Gasteiger partial charge in [-0.2, -0.15) is 12.6 Å². The van der Waals surface area contributed by atoms with E-state index in [0.717, 1.165) is 5.56 Å². The lowest BCUT2D eigenvalue weighted by molar-refractivity contribution is -0.148. The van der Waals surface area contributed by atoms with Crippen molar-refractivity contribution in [3.63, 3.8) is 0 Å². The van der Waals surface area contributed by atoms with Gasteiger partial charge in [-0.15, -0.1) is 0 Å². The lowest BCUT2D eigenvalue weighted by Crippen LogP contribution is -2.44. The Balaban J connectivity index is 2.89. The van der Waals surface area contributed by atoms with E-state index < -0.39 is 12.0 Å². The van der Waals surface area contributed by atoms with Crippen LogP contribution in [-0.4, -0.2) is 33.7 Å². The van der Waals surface area contributed by atoms with E-state index in [2.05, 4.69) is 12.6 Å². The van der Waals surface area contributed by atoms with Crippen LogP contribution in [0.1, 0.15) is 12.5 Å². The molecule has 1 amide bonds. The first kappa shape index (κ1) is 14.9. The number of amides is 1. The molecule has 0 aliphatic heterocycles. The molecule has 1 aromatic carbocycles. The van der Waals surface area contributed by atoms with Crippen LogP contribution < -0.4 is 0 Å². The zero-order valence-electron chi connectivity index (χ0n) is 9.84. The highest BCUT2D eigenvalue weighted by molar-refractivity contribution is 7.80. The summed E-state index contributed by atoms with van der Waals surface area (Å²) in [4.78, 5) is 23.9. The largest absolute Gasteiger partial charge is 0.480 e. The zero-order chi connectivity index (χ0) is 13.7. The summed E-state index contributed by atoms with van der Waals surface area (Å²) < 4.78 is 0. The highest BCUT2D eigenvalue weighted by Gasteiger charge is 2.26. The molecule has 0 aliphatic carbocycles. The molecule has 0 spiro atoms. The van der Waals surface area contributed by atoms with Crippen LogP contribution in [0, 0.1) is 0 Å². The Morgan fingerprint density at radius 2 is 1.94 bits per heavy atom. The Hall–Kier alpha value is -1.20. The second kappa shape index (κ2) is 6.66. The molecule has 0 saturated carbocycles. The Bertz CT molecular complexity index is 435. The number of carboxylic acid groups (broad SMARTS) is 1. The van der Waals surface area contributed by atoms with E-state index in [4.69, 9.17) is 16.7 Å². The lowest BCUT2D eigenvalue weighted by atomic mass is 10.2. The Morgan fingerprint density at radius 1 is 1.39 bits per heavy atom. The summed E-state index contributed by atoms with van der Waals surface area (Å²) in [6, 6.07) is 5.99. The predicted octanol–water partition coefficient (Wildman–Crippen LogP) is 2.07. The molecule has 0 saturated heterocycles. The molecule has 18 heavy (non-hydrogen) atoms. The SMILES string of the molecule is CC(=O)N(Cc1ccc(Cl)cc1)[C@@H](CS)C(=O)O. The van der Waals surface area contributed by atoms with Gasteiger partial charge < -0.3 is 10.0 Å². The van der Waals surface area contributed by atoms with Crippen molar-refractivity contribution in [2.24, 2.45) is 0 Å². The molecule has 0 bridgehead atoms. The van der Waals surface area contributed by atoms with Gasteiger partial charge in [0.2, 0.25) is 5.91 Å². The van der Waals surface area contributed by atoms with Crippen LogP contribution in [0.2, 0.25) is 5.02 Å². The monoisotopic (exact) mass is 287 g/mol. The summed E-state index contributed by atoms with van der Waals surface area (Å²) in [5.41, 5.74) is 0.822. The number of benzene rings is 1. The topological polar surface area (TPSA) is 57.6 Å². The van der Waals surface area contributed by atoms with Crippen molar-refractivity contribution >= 4 is 36.1 Å². The molecule has 0 unspecified atom stereocenters. The molecule has 6 heteroatoms. The number of hydrogen-bond donors (Lipinski definition) is 2. The molecule has 1 N–H and O–H groups in total. The molecule has 4 nitrogen and oxygen atoms in total. The van der Waals surface area contributed by atoms with Crippen LogP contribution in [0.25, 0.3) is 0 Å². The minimum atomic E-state index is -1.06. The number of rotatable bonds is 5. The number of carbonyl (C=O) groups is 2. The van der Waals surface area contributed by atoms with Gasteiger partial charge in [0, 0.05) is 24.2 Å². The Morgan fingerprint density at radius 3 is 2.33 bits per heavy atom. The Labute approximate surface area is 116 Å². The minimum Gasteiger partial charge on any atom is -0.480 e. The number of hydrogen-bond acceptors (Lipinski definition) is 3. The quantitative estimate of drug-likeness (QED) is 0.815. The maximum absolute atomic E-state index is 11.5. The molecule has 0 heterocycles. The zero-order valence-corrected chi connectivity index (χ0v) is 11.5. The van der Waals surface area contributed by atoms with Crippen molar-refractivity contribution in [2.75, 3.05) is 5.75 Å². The second-order valence-electron chi connectivity index (χ2n) is 3.81. The number of carboxylic acids is 1. The average Bonchev–Trinajstić information content (AvgIpc) is 2.30. The van der Waals surface area contributed by atoms with Gasteiger partial charge in [-0.3, -0.25) is 4.79 Å². The van der Waals surface area contributed by atoms with Gasteiger partial charge in [-0.1, -0.05) is 23.7 Å². The summed E-state index contributed by atoms with van der Waals surface area (Å²) in [5.74, 6) is -1.29. The summed E-state index contributed by atoms with van der Waals surface area (Å²) in [7, 11) is 0. The Kier molecular flexibility index (Phi) is 5.50. The van der Waals surface area contributed by atoms with Gasteiger partial charge in [-0.25, -0.2) is 4.79 Å². The third-order valence-electron chi connectivity index (χ3n) is 2.50. The molecule has 1 aromatic rings. The summed E-state index contributed by atoms with van der Waals surface area (Å²) in [6.07, 6.45) is 0. The van der Waals surface area contributed by atoms with E-state index in [0.29, 0.717) is 5.02 Å². The number of carbonyl (C=O) groups excluding carboxylic acids is 1. The maximum atomic E-state index is 11.5. The van der Waals surface area contributed by atoms with Crippen molar-refractivity contribution < 1.29 is 14.7 Å². The number of nitrogens with zero attached hydrogens (tertiary/aromatic N) is 1. The van der Waals surface area contributed by atoms with Gasteiger partial charge >= 0.3 is 5.97 Å². The van der Waals surface area contributed by atoms with E-state index in [1.54, 1.807) is 24.3 Å². The fourth-order valence-electron chi connectivity index (χ4n) is 1.54. The predicted molar refractivity (Wildman–Crippen MR) is 73.0 cm³/mol. The molecule has 1 rings (SSSR count). The van der Waals surface area contributed by atoms with Gasteiger partial charge in [-0.05, 0) is 17.7 Å². The highest BCUT2D eigenvalue weighted by atomic mass is 35.5. The first-order valence-electron chi connectivity index (χ1n) is 5.31. The normalized spacial score (nSPS) is 11.9. The van der Waals surface area contributed by atoms with Crippen molar-refractivity contribution in [2.45, 2.75) is 19.5 Å². The van der Waals surface area contributed by atoms with Crippen LogP contribution >= 0.6 is 24.2 Å². The van der Waals surface area contributed by atoms with Crippen LogP contribution in [0.4, 0.5) is 0 Å². The summed E-state index contributed by atoms with van der Waals surface area (Å²) >= 11 is 9.74. The molecule has 98 valence electrons. The van der Waals surface area contributed by atoms with Crippen LogP contribution in [0.3, 0.4) is 0 Å². The van der Waals surface area contributed by atoms with E-state index in [9.17, 15) is 9.59 Å². The minimum absolute atomic E-state index is 0.0719. The van der Waals surface area contributed by atoms with E-state index >= 15 is 0 Å². The molecular formula is C12H14ClNO3S. The summed E-state index contributed by atoms with van der Waals surface area (Å²) in [6.45, 7) is 1.57. The smallest absolute Gasteiger partial charge is 0.327 e. The van der Waals surface area contributed by atoms with Gasteiger partial charge in [0.1, 0.15) is 6.04 Å². The first-order chi connectivity index (χ1) is 8.45. The van der Waals surface area contributed by atoms with Crippen molar-refractivity contribution in [1.29, 1.82) is 0 Å². The van der Waals surface area contributed by atoms with E-state index in [-0.39, 0.29) is 18.2 Å². The lowest BCUT2D eigenvalue weighted by Gasteiger charge is -2.26. The average molecular weight is 288 g/mol. The molecule has 1 atom stereocenters. The standard InChI is InChI=1S/C12H14ClNO3S/c1-8(15)14(11(7-18)12(16)17)6-9-2-4-10(13)5-3-9/h2-5,11,18H,6-7H2,1H3,(H,16,17)/t11-/m0/s1. The molecule has 0 radical (unpaired) electrons. The van der Waals surface area contributed by atoms with E-state index in [1.165, 1.54) is 11.8 Å². The fourth-order valence-corrected chi connectivity index (χ4v) is 2.02. The molecule has 0 fully saturated rings. The number of aliphatic carboxylic acids is 1. The molecule has 0 aliphatic rings. The van der Waals surface area contributed by atoms with Crippen LogP contribution in [0.15, 0.2) is 24.3 Å². The summed E-state index contributed by atoms with van der Waals surface area (Å²) in [5, 5.41) is 9.65. The second-order valence-corrected chi connectivity index (χ2v) is 4.61. The number of thiol groups is 1. The van der Waals surface area contributed by atoms with Gasteiger partial charge in [0.25, 0.3) is 0 Å². The first-order valence-corrected chi connectivity index (χ1v) is 6.32. The van der Waals surface area contributed by atoms with Crippen molar-refractivity contribution in [1.82, 2.24) is 4.90 Å². The highest BCUT2D eigenvalue weighted by Crippen LogP contribution is 2.14. The van der Waals surface area contributed by atoms with Crippen LogP contribution in [0.5, 0.6) is 0 Å².